The molecule has 0 unspecified atom stereocenters. The van der Waals surface area contributed by atoms with Gasteiger partial charge in [-0.15, -0.1) is 10.2 Å². The highest BCUT2D eigenvalue weighted by Gasteiger charge is 2.12. The van der Waals surface area contributed by atoms with Crippen LogP contribution < -0.4 is 0 Å². The van der Waals surface area contributed by atoms with E-state index in [1.54, 1.807) is 12.1 Å². The van der Waals surface area contributed by atoms with Crippen molar-refractivity contribution in [3.05, 3.63) is 22.4 Å². The Labute approximate surface area is 83.8 Å². The molecule has 1 aromatic rings. The zero-order valence-electron chi connectivity index (χ0n) is 7.19. The zero-order valence-corrected chi connectivity index (χ0v) is 8.78. The van der Waals surface area contributed by atoms with Crippen molar-refractivity contribution in [3.8, 4) is 0 Å². The number of carbonyl (C=O) groups excluding carboxylic acids is 1. The molecule has 0 aliphatic rings. The molecule has 0 atom stereocenters. The Morgan fingerprint density at radius 3 is 2.69 bits per heavy atom. The molecule has 0 saturated heterocycles. The van der Waals surface area contributed by atoms with E-state index in [1.807, 2.05) is 0 Å². The minimum absolute atomic E-state index is 0.243. The normalized spacial score (nSPS) is 9.77. The predicted molar refractivity (Wildman–Crippen MR) is 48.8 cm³/mol. The number of hydrogen-bond donors (Lipinski definition) is 0. The van der Waals surface area contributed by atoms with Crippen molar-refractivity contribution in [1.29, 1.82) is 0 Å². The first-order valence-corrected chi connectivity index (χ1v) is 4.26. The monoisotopic (exact) mass is 245 g/mol. The third kappa shape index (κ3) is 2.46. The maximum atomic E-state index is 11.4. The van der Waals surface area contributed by atoms with Crippen LogP contribution in [-0.4, -0.2) is 35.3 Å². The van der Waals surface area contributed by atoms with Gasteiger partial charge < -0.3 is 0 Å². The molecular weight excluding hydrogens is 238 g/mol. The fourth-order valence-electron chi connectivity index (χ4n) is 0.674. The van der Waals surface area contributed by atoms with E-state index in [-0.39, 0.29) is 11.6 Å². The van der Waals surface area contributed by atoms with E-state index >= 15 is 0 Å². The van der Waals surface area contributed by atoms with Crippen molar-refractivity contribution in [1.82, 2.24) is 15.3 Å². The second kappa shape index (κ2) is 4.29. The first-order valence-electron chi connectivity index (χ1n) is 3.46. The molecule has 0 saturated carbocycles. The van der Waals surface area contributed by atoms with Crippen LogP contribution in [0.4, 0.5) is 0 Å². The molecule has 0 N–H and O–H groups in total. The van der Waals surface area contributed by atoms with Crippen LogP contribution in [0.25, 0.3) is 0 Å². The molecule has 0 aliphatic heterocycles. The Morgan fingerprint density at radius 2 is 2.23 bits per heavy atom. The summed E-state index contributed by atoms with van der Waals surface area (Å²) in [6.45, 7) is 0. The van der Waals surface area contributed by atoms with Crippen LogP contribution in [0.2, 0.25) is 0 Å². The van der Waals surface area contributed by atoms with Crippen LogP contribution in [0.1, 0.15) is 10.5 Å². The van der Waals surface area contributed by atoms with Gasteiger partial charge in [0.1, 0.15) is 4.60 Å². The van der Waals surface area contributed by atoms with Crippen LogP contribution in [0.5, 0.6) is 0 Å². The molecule has 1 heterocycles. The lowest BCUT2D eigenvalue weighted by Gasteiger charge is -2.11. The highest BCUT2D eigenvalue weighted by molar-refractivity contribution is 9.10. The minimum Gasteiger partial charge on any atom is -0.274 e. The summed E-state index contributed by atoms with van der Waals surface area (Å²) in [7, 11) is 2.91. The number of aromatic nitrogens is 2. The lowest BCUT2D eigenvalue weighted by molar-refractivity contribution is -0.0761. The Balaban J connectivity index is 2.83. The number of rotatable bonds is 2. The molecule has 0 aromatic carbocycles. The highest BCUT2D eigenvalue weighted by Crippen LogP contribution is 2.05. The van der Waals surface area contributed by atoms with E-state index in [1.165, 1.54) is 14.2 Å². The van der Waals surface area contributed by atoms with Crippen LogP contribution in [-0.2, 0) is 4.84 Å². The Bertz CT molecular complexity index is 301. The maximum absolute atomic E-state index is 11.4. The summed E-state index contributed by atoms with van der Waals surface area (Å²) in [6, 6.07) is 3.21. The van der Waals surface area contributed by atoms with Gasteiger partial charge >= 0.3 is 0 Å². The summed E-state index contributed by atoms with van der Waals surface area (Å²) in [4.78, 5) is 16.1. The van der Waals surface area contributed by atoms with Gasteiger partial charge in [0.05, 0.1) is 7.11 Å². The molecule has 1 rings (SSSR count). The van der Waals surface area contributed by atoms with Gasteiger partial charge in [0.25, 0.3) is 5.91 Å². The summed E-state index contributed by atoms with van der Waals surface area (Å²) < 4.78 is 0.587. The van der Waals surface area contributed by atoms with E-state index in [0.717, 1.165) is 5.06 Å². The quantitative estimate of drug-likeness (QED) is 0.726. The van der Waals surface area contributed by atoms with Crippen LogP contribution >= 0.6 is 15.9 Å². The lowest BCUT2D eigenvalue weighted by atomic mass is 10.4. The van der Waals surface area contributed by atoms with Crippen LogP contribution in [0, 0.1) is 0 Å². The van der Waals surface area contributed by atoms with Crippen LogP contribution in [0.3, 0.4) is 0 Å². The average Bonchev–Trinajstić information content (AvgIpc) is 2.17. The predicted octanol–water partition coefficient (Wildman–Crippen LogP) is 0.872. The highest BCUT2D eigenvalue weighted by atomic mass is 79.9. The molecule has 6 heteroatoms. The van der Waals surface area contributed by atoms with E-state index in [2.05, 4.69) is 26.1 Å². The zero-order chi connectivity index (χ0) is 9.84. The summed E-state index contributed by atoms with van der Waals surface area (Å²) in [5.41, 5.74) is 0.243. The van der Waals surface area contributed by atoms with Crippen molar-refractivity contribution < 1.29 is 9.63 Å². The SMILES string of the molecule is CON(C)C(=O)c1ccc(Br)nn1. The molecule has 70 valence electrons. The number of carbonyl (C=O) groups is 1. The first-order chi connectivity index (χ1) is 6.15. The Hall–Kier alpha value is -1.01. The molecule has 1 amide bonds. The number of amides is 1. The van der Waals surface area contributed by atoms with E-state index in [0.29, 0.717) is 4.60 Å². The maximum Gasteiger partial charge on any atom is 0.297 e. The van der Waals surface area contributed by atoms with Gasteiger partial charge in [0.15, 0.2) is 5.69 Å². The fourth-order valence-corrected chi connectivity index (χ4v) is 0.886. The molecule has 0 fully saturated rings. The summed E-state index contributed by atoms with van der Waals surface area (Å²) in [6.07, 6.45) is 0. The molecule has 0 radical (unpaired) electrons. The number of nitrogens with zero attached hydrogens (tertiary/aromatic N) is 3. The third-order valence-electron chi connectivity index (χ3n) is 1.41. The average molecular weight is 246 g/mol. The standard InChI is InChI=1S/C7H8BrN3O2/c1-11(13-2)7(12)5-3-4-6(8)10-9-5/h3-4H,1-2H3. The van der Waals surface area contributed by atoms with Gasteiger partial charge in [-0.3, -0.25) is 9.63 Å². The van der Waals surface area contributed by atoms with Crippen molar-refractivity contribution in [2.24, 2.45) is 0 Å². The van der Waals surface area contributed by atoms with Crippen LogP contribution in [0.15, 0.2) is 16.7 Å². The minimum atomic E-state index is -0.331. The second-order valence-electron chi connectivity index (χ2n) is 2.23. The molecule has 0 spiro atoms. The largest absolute Gasteiger partial charge is 0.297 e. The van der Waals surface area contributed by atoms with Gasteiger partial charge in [-0.2, -0.15) is 0 Å². The van der Waals surface area contributed by atoms with Gasteiger partial charge in [0, 0.05) is 7.05 Å². The topological polar surface area (TPSA) is 55.3 Å². The Kier molecular flexibility index (Phi) is 3.32. The molecule has 0 aliphatic carbocycles. The van der Waals surface area contributed by atoms with Gasteiger partial charge in [-0.1, -0.05) is 0 Å². The first kappa shape index (κ1) is 10.1. The molecular formula is C7H8BrN3O2. The second-order valence-corrected chi connectivity index (χ2v) is 3.04. The third-order valence-corrected chi connectivity index (χ3v) is 1.83. The summed E-state index contributed by atoms with van der Waals surface area (Å²) >= 11 is 3.12. The van der Waals surface area contributed by atoms with Gasteiger partial charge in [-0.25, -0.2) is 5.06 Å². The smallest absolute Gasteiger partial charge is 0.274 e. The summed E-state index contributed by atoms with van der Waals surface area (Å²) in [5.74, 6) is -0.331. The van der Waals surface area contributed by atoms with Crippen molar-refractivity contribution in [3.63, 3.8) is 0 Å². The summed E-state index contributed by atoms with van der Waals surface area (Å²) in [5, 5.41) is 8.44. The lowest BCUT2D eigenvalue weighted by Crippen LogP contribution is -2.26. The van der Waals surface area contributed by atoms with Gasteiger partial charge in [-0.05, 0) is 28.1 Å². The number of halogens is 1. The van der Waals surface area contributed by atoms with Crippen molar-refractivity contribution >= 4 is 21.8 Å². The number of hydroxylamine groups is 2. The number of hydrogen-bond acceptors (Lipinski definition) is 4. The fraction of sp³-hybridized carbons (Fsp3) is 0.286. The van der Waals surface area contributed by atoms with E-state index < -0.39 is 0 Å². The molecule has 1 aromatic heterocycles. The molecule has 13 heavy (non-hydrogen) atoms. The van der Waals surface area contributed by atoms with Crippen molar-refractivity contribution in [2.45, 2.75) is 0 Å². The van der Waals surface area contributed by atoms with E-state index in [9.17, 15) is 4.79 Å². The van der Waals surface area contributed by atoms with E-state index in [4.69, 9.17) is 4.84 Å². The van der Waals surface area contributed by atoms with Gasteiger partial charge in [0.2, 0.25) is 0 Å². The van der Waals surface area contributed by atoms with Crippen molar-refractivity contribution in [2.75, 3.05) is 14.2 Å². The molecule has 5 nitrogen and oxygen atoms in total. The molecule has 0 bridgehead atoms. The Morgan fingerprint density at radius 1 is 1.54 bits per heavy atom.